The van der Waals surface area contributed by atoms with Gasteiger partial charge in [0.2, 0.25) is 17.8 Å². The highest BCUT2D eigenvalue weighted by Gasteiger charge is 2.14. The van der Waals surface area contributed by atoms with Crippen molar-refractivity contribution in [2.45, 2.75) is 6.54 Å². The number of anilines is 1. The third-order valence-electron chi connectivity index (χ3n) is 2.48. The van der Waals surface area contributed by atoms with Gasteiger partial charge in [-0.15, -0.1) is 0 Å². The molecule has 0 aliphatic carbocycles. The summed E-state index contributed by atoms with van der Waals surface area (Å²) >= 11 is 0. The lowest BCUT2D eigenvalue weighted by molar-refractivity contribution is -0.117. The summed E-state index contributed by atoms with van der Waals surface area (Å²) < 4.78 is 4.92. The molecule has 0 fully saturated rings. The first kappa shape index (κ1) is 16.8. The van der Waals surface area contributed by atoms with Gasteiger partial charge in [0.15, 0.2) is 0 Å². The lowest BCUT2D eigenvalue weighted by Gasteiger charge is -2.19. The number of nitrogens with zero attached hydrogens (tertiary/aromatic N) is 3. The van der Waals surface area contributed by atoms with Gasteiger partial charge in [0, 0.05) is 38.2 Å². The van der Waals surface area contributed by atoms with Crippen LogP contribution in [0.5, 0.6) is 0 Å². The van der Waals surface area contributed by atoms with Crippen LogP contribution in [0.2, 0.25) is 0 Å². The van der Waals surface area contributed by atoms with Crippen LogP contribution in [0.3, 0.4) is 0 Å². The summed E-state index contributed by atoms with van der Waals surface area (Å²) in [5.41, 5.74) is 11.1. The van der Waals surface area contributed by atoms with Crippen LogP contribution in [0.4, 0.5) is 5.95 Å². The van der Waals surface area contributed by atoms with Gasteiger partial charge in [-0.05, 0) is 0 Å². The Morgan fingerprint density at radius 3 is 2.29 bits per heavy atom. The van der Waals surface area contributed by atoms with E-state index >= 15 is 0 Å². The number of nitrogens with two attached hydrogens (primary N) is 2. The van der Waals surface area contributed by atoms with Crippen molar-refractivity contribution in [3.63, 3.8) is 0 Å². The Kier molecular flexibility index (Phi) is 7.05. The molecule has 1 rings (SSSR count). The van der Waals surface area contributed by atoms with Gasteiger partial charge in [-0.2, -0.15) is 0 Å². The van der Waals surface area contributed by atoms with Gasteiger partial charge in [0.25, 0.3) is 0 Å². The molecular weight excluding hydrogens is 276 g/mol. The van der Waals surface area contributed by atoms with E-state index in [1.165, 1.54) is 4.90 Å². The maximum Gasteiger partial charge on any atom is 0.237 e. The second-order valence-electron chi connectivity index (χ2n) is 4.35. The minimum atomic E-state index is -0.592. The van der Waals surface area contributed by atoms with Crippen LogP contribution in [-0.2, 0) is 20.9 Å². The zero-order valence-electron chi connectivity index (χ0n) is 11.9. The molecule has 9 nitrogen and oxygen atoms in total. The van der Waals surface area contributed by atoms with Gasteiger partial charge in [-0.3, -0.25) is 9.59 Å². The number of primary amides is 2. The number of carbonyl (C=O) groups excluding carboxylic acids is 2. The number of aromatic nitrogens is 2. The first-order valence-corrected chi connectivity index (χ1v) is 6.35. The summed E-state index contributed by atoms with van der Waals surface area (Å²) in [6.07, 6.45) is 3.22. The molecule has 0 spiro atoms. The largest absolute Gasteiger partial charge is 0.383 e. The molecule has 1 heterocycles. The van der Waals surface area contributed by atoms with E-state index in [9.17, 15) is 9.59 Å². The summed E-state index contributed by atoms with van der Waals surface area (Å²) in [5.74, 6) is -0.955. The van der Waals surface area contributed by atoms with Gasteiger partial charge >= 0.3 is 0 Å². The fourth-order valence-electron chi connectivity index (χ4n) is 1.58. The van der Waals surface area contributed by atoms with Crippen molar-refractivity contribution < 1.29 is 14.3 Å². The first-order chi connectivity index (χ1) is 10.0. The quantitative estimate of drug-likeness (QED) is 0.424. The van der Waals surface area contributed by atoms with Crippen molar-refractivity contribution in [1.82, 2.24) is 15.3 Å². The minimum absolute atomic E-state index is 0.172. The lowest BCUT2D eigenvalue weighted by atomic mass is 10.3. The molecule has 21 heavy (non-hydrogen) atoms. The summed E-state index contributed by atoms with van der Waals surface area (Å²) in [6, 6.07) is 0. The molecule has 0 aromatic carbocycles. The van der Waals surface area contributed by atoms with E-state index in [-0.39, 0.29) is 19.0 Å². The fourth-order valence-corrected chi connectivity index (χ4v) is 1.58. The van der Waals surface area contributed by atoms with Crippen molar-refractivity contribution in [1.29, 1.82) is 0 Å². The summed E-state index contributed by atoms with van der Waals surface area (Å²) in [6.45, 7) is 1.58. The average Bonchev–Trinajstić information content (AvgIpc) is 2.42. The number of hydrogen-bond acceptors (Lipinski definition) is 7. The van der Waals surface area contributed by atoms with E-state index in [0.29, 0.717) is 19.7 Å². The third-order valence-corrected chi connectivity index (χ3v) is 2.48. The predicted molar refractivity (Wildman–Crippen MR) is 76.2 cm³/mol. The standard InChI is InChI=1S/C12H20N6O3/c1-21-3-2-15-4-9-5-16-12(17-6-9)18(7-10(13)19)8-11(14)20/h5-6,15H,2-4,7-8H2,1H3,(H2,13,19)(H2,14,20). The second kappa shape index (κ2) is 8.82. The number of hydrogen-bond donors (Lipinski definition) is 3. The molecule has 0 saturated heterocycles. The second-order valence-corrected chi connectivity index (χ2v) is 4.35. The normalized spacial score (nSPS) is 10.3. The molecule has 0 bridgehead atoms. The van der Waals surface area contributed by atoms with Crippen LogP contribution in [0, 0.1) is 0 Å². The molecule has 1 aromatic heterocycles. The number of methoxy groups -OCH3 is 1. The van der Waals surface area contributed by atoms with E-state index in [1.807, 2.05) is 0 Å². The predicted octanol–water partition coefficient (Wildman–Crippen LogP) is -2.01. The number of rotatable bonds is 10. The Morgan fingerprint density at radius 1 is 1.24 bits per heavy atom. The van der Waals surface area contributed by atoms with E-state index < -0.39 is 11.8 Å². The van der Waals surface area contributed by atoms with Crippen LogP contribution in [0.25, 0.3) is 0 Å². The minimum Gasteiger partial charge on any atom is -0.383 e. The number of nitrogens with one attached hydrogen (secondary N) is 1. The van der Waals surface area contributed by atoms with Crippen molar-refractivity contribution in [3.05, 3.63) is 18.0 Å². The Morgan fingerprint density at radius 2 is 1.81 bits per heavy atom. The summed E-state index contributed by atoms with van der Waals surface area (Å²) in [4.78, 5) is 31.5. The highest BCUT2D eigenvalue weighted by atomic mass is 16.5. The van der Waals surface area contributed by atoms with Crippen molar-refractivity contribution in [3.8, 4) is 0 Å². The Labute approximate surface area is 122 Å². The van der Waals surface area contributed by atoms with E-state index in [2.05, 4.69) is 15.3 Å². The van der Waals surface area contributed by atoms with Gasteiger partial charge in [0.1, 0.15) is 13.1 Å². The molecule has 0 atom stereocenters. The summed E-state index contributed by atoms with van der Waals surface area (Å²) in [7, 11) is 1.63. The lowest BCUT2D eigenvalue weighted by Crippen LogP contribution is -2.40. The van der Waals surface area contributed by atoms with Gasteiger partial charge in [-0.25, -0.2) is 9.97 Å². The van der Waals surface area contributed by atoms with Crippen molar-refractivity contribution >= 4 is 17.8 Å². The van der Waals surface area contributed by atoms with Gasteiger partial charge in [-0.1, -0.05) is 0 Å². The van der Waals surface area contributed by atoms with E-state index in [0.717, 1.165) is 5.56 Å². The molecular formula is C12H20N6O3. The van der Waals surface area contributed by atoms with Crippen LogP contribution in [0.1, 0.15) is 5.56 Å². The highest BCUT2D eigenvalue weighted by molar-refractivity contribution is 5.83. The first-order valence-electron chi connectivity index (χ1n) is 6.35. The summed E-state index contributed by atoms with van der Waals surface area (Å²) in [5, 5.41) is 3.15. The van der Waals surface area contributed by atoms with E-state index in [4.69, 9.17) is 16.2 Å². The van der Waals surface area contributed by atoms with Gasteiger partial charge in [0.05, 0.1) is 6.61 Å². The molecule has 9 heteroatoms. The molecule has 116 valence electrons. The van der Waals surface area contributed by atoms with Gasteiger partial charge < -0.3 is 26.4 Å². The SMILES string of the molecule is COCCNCc1cnc(N(CC(N)=O)CC(N)=O)nc1. The zero-order valence-corrected chi connectivity index (χ0v) is 11.9. The third kappa shape index (κ3) is 6.63. The Hall–Kier alpha value is -2.26. The maximum absolute atomic E-state index is 11.0. The molecule has 0 aliphatic heterocycles. The molecule has 1 aromatic rings. The number of amides is 2. The van der Waals surface area contributed by atoms with Crippen molar-refractivity contribution in [2.24, 2.45) is 11.5 Å². The smallest absolute Gasteiger partial charge is 0.237 e. The number of ether oxygens (including phenoxy) is 1. The fraction of sp³-hybridized carbons (Fsp3) is 0.500. The molecule has 5 N–H and O–H groups in total. The van der Waals surface area contributed by atoms with Crippen LogP contribution in [-0.4, -0.2) is 55.1 Å². The molecule has 0 aliphatic rings. The van der Waals surface area contributed by atoms with Crippen LogP contribution < -0.4 is 21.7 Å². The molecule has 2 amide bonds. The number of carbonyl (C=O) groups is 2. The molecule has 0 saturated carbocycles. The maximum atomic E-state index is 11.0. The Bertz CT molecular complexity index is 449. The molecule has 0 unspecified atom stereocenters. The highest BCUT2D eigenvalue weighted by Crippen LogP contribution is 2.06. The molecule has 0 radical (unpaired) electrons. The van der Waals surface area contributed by atoms with Crippen LogP contribution in [0.15, 0.2) is 12.4 Å². The topological polar surface area (TPSA) is 136 Å². The average molecular weight is 296 g/mol. The Balaban J connectivity index is 2.63. The van der Waals surface area contributed by atoms with Crippen LogP contribution >= 0.6 is 0 Å². The van der Waals surface area contributed by atoms with Crippen molar-refractivity contribution in [2.75, 3.05) is 38.3 Å². The zero-order chi connectivity index (χ0) is 15.7. The van der Waals surface area contributed by atoms with E-state index in [1.54, 1.807) is 19.5 Å². The monoisotopic (exact) mass is 296 g/mol.